The van der Waals surface area contributed by atoms with E-state index in [4.69, 9.17) is 44.1 Å². The zero-order chi connectivity index (χ0) is 24.0. The van der Waals surface area contributed by atoms with Crippen molar-refractivity contribution in [2.75, 3.05) is 18.8 Å². The standard InChI is InChI=1S/C25H25Cl2IN4O2/c1-13(22-17(26)4-5-18(28-2)23(22)27)33-21-8-15(10-32-24(21)30)14-3-6-20-16(7-14)19(29)9-25(34-20)11-31-12-25/h3-8,10,13,19,31H,2,9,11-12,29H2,1H3,(H2,30,32)/t13-,19?/m1/s1. The number of aromatic nitrogens is 1. The maximum atomic E-state index is 6.61. The van der Waals surface area contributed by atoms with E-state index < -0.39 is 26.8 Å². The molecule has 1 saturated heterocycles. The van der Waals surface area contributed by atoms with E-state index in [-0.39, 0.29) is 11.6 Å². The van der Waals surface area contributed by atoms with Crippen molar-refractivity contribution in [1.82, 2.24) is 10.3 Å². The van der Waals surface area contributed by atoms with Crippen LogP contribution in [-0.4, -0.2) is 28.2 Å². The number of halogens is 3. The average molecular weight is 611 g/mol. The van der Waals surface area contributed by atoms with E-state index in [1.54, 1.807) is 6.20 Å². The number of fused-ring (bicyclic) bond motifs is 1. The third kappa shape index (κ3) is 4.28. The number of nitrogens with one attached hydrogen (secondary N) is 1. The van der Waals surface area contributed by atoms with Crippen molar-refractivity contribution in [2.45, 2.75) is 31.1 Å². The Balaban J connectivity index is 1.44. The summed E-state index contributed by atoms with van der Waals surface area (Å²) in [5.74, 6) is 1.60. The number of hydrogen-bond donors (Lipinski definition) is 3. The molecule has 1 fully saturated rings. The molecule has 178 valence electrons. The van der Waals surface area contributed by atoms with Crippen molar-refractivity contribution in [3.63, 3.8) is 0 Å². The number of ether oxygens (including phenoxy) is 2. The highest BCUT2D eigenvalue weighted by atomic mass is 127. The summed E-state index contributed by atoms with van der Waals surface area (Å²) in [6.45, 7) is 3.55. The summed E-state index contributed by atoms with van der Waals surface area (Å²) < 4.78 is 17.5. The van der Waals surface area contributed by atoms with Gasteiger partial charge in [0.05, 0.1) is 5.02 Å². The van der Waals surface area contributed by atoms with Crippen LogP contribution in [0.5, 0.6) is 11.5 Å². The highest BCUT2D eigenvalue weighted by Gasteiger charge is 2.44. The van der Waals surface area contributed by atoms with Gasteiger partial charge in [-0.1, -0.05) is 54.5 Å². The molecule has 34 heavy (non-hydrogen) atoms. The molecule has 1 spiro atoms. The molecule has 0 radical (unpaired) electrons. The lowest BCUT2D eigenvalue weighted by atomic mass is 9.83. The molecule has 6 nitrogen and oxygen atoms in total. The van der Waals surface area contributed by atoms with E-state index >= 15 is 0 Å². The minimum absolute atomic E-state index is 0.0873. The van der Waals surface area contributed by atoms with Crippen molar-refractivity contribution in [1.29, 1.82) is 0 Å². The van der Waals surface area contributed by atoms with Crippen LogP contribution in [0.2, 0.25) is 10.0 Å². The van der Waals surface area contributed by atoms with E-state index in [0.717, 1.165) is 51.1 Å². The van der Waals surface area contributed by atoms with Crippen molar-refractivity contribution >= 4 is 54.3 Å². The number of anilines is 1. The summed E-state index contributed by atoms with van der Waals surface area (Å²) in [6.07, 6.45) is 2.10. The second-order valence-electron chi connectivity index (χ2n) is 8.71. The normalized spacial score (nSPS) is 19.1. The molecular weight excluding hydrogens is 586 g/mol. The van der Waals surface area contributed by atoms with Gasteiger partial charge < -0.3 is 26.3 Å². The first-order valence-corrected chi connectivity index (χ1v) is 14.2. The van der Waals surface area contributed by atoms with E-state index in [1.807, 2.05) is 37.3 Å². The summed E-state index contributed by atoms with van der Waals surface area (Å²) >= 11 is 12.6. The summed E-state index contributed by atoms with van der Waals surface area (Å²) in [4.78, 5) is 4.37. The molecule has 0 saturated carbocycles. The fraction of sp³-hybridized carbons (Fsp3) is 0.280. The van der Waals surface area contributed by atoms with Gasteiger partial charge in [0.25, 0.3) is 0 Å². The lowest BCUT2D eigenvalue weighted by molar-refractivity contribution is -0.0108. The molecule has 9 heteroatoms. The fourth-order valence-electron chi connectivity index (χ4n) is 4.49. The van der Waals surface area contributed by atoms with Gasteiger partial charge in [-0.25, -0.2) is 4.98 Å². The SMILES string of the molecule is C=Ic1ccc(Cl)c([C@@H](C)Oc2cc(-c3ccc4c(c3)C(N)CC3(CNC3)O4)cnc2N)c1Cl. The monoisotopic (exact) mass is 610 g/mol. The van der Waals surface area contributed by atoms with Crippen molar-refractivity contribution in [3.8, 4) is 22.6 Å². The molecule has 3 aromatic rings. The molecule has 5 rings (SSSR count). The molecule has 0 aliphatic carbocycles. The first kappa shape index (κ1) is 23.8. The zero-order valence-electron chi connectivity index (χ0n) is 18.6. The van der Waals surface area contributed by atoms with Crippen LogP contribution in [0.3, 0.4) is 0 Å². The van der Waals surface area contributed by atoms with Crippen LogP contribution in [0, 0.1) is 3.57 Å². The topological polar surface area (TPSA) is 95.4 Å². The Hall–Kier alpha value is -1.91. The molecule has 5 N–H and O–H groups in total. The van der Waals surface area contributed by atoms with E-state index in [9.17, 15) is 0 Å². The number of nitrogens with zero attached hydrogens (tertiary/aromatic N) is 1. The molecule has 0 amide bonds. The smallest absolute Gasteiger partial charge is 0.166 e. The first-order chi connectivity index (χ1) is 16.3. The van der Waals surface area contributed by atoms with E-state index in [1.165, 1.54) is 0 Å². The highest BCUT2D eigenvalue weighted by Crippen LogP contribution is 2.43. The molecule has 3 heterocycles. The van der Waals surface area contributed by atoms with Gasteiger partial charge >= 0.3 is 0 Å². The minimum Gasteiger partial charge on any atom is -0.484 e. The van der Waals surface area contributed by atoms with Crippen molar-refractivity contribution in [2.24, 2.45) is 5.73 Å². The Morgan fingerprint density at radius 2 is 2.03 bits per heavy atom. The van der Waals surface area contributed by atoms with Crippen LogP contribution < -0.4 is 26.3 Å². The number of nitrogen functional groups attached to an aromatic ring is 1. The molecule has 2 aliphatic heterocycles. The average Bonchev–Trinajstić information content (AvgIpc) is 2.79. The number of hydrogen-bond acceptors (Lipinski definition) is 6. The molecule has 0 bridgehead atoms. The summed E-state index contributed by atoms with van der Waals surface area (Å²) in [5, 5.41) is 4.43. The predicted octanol–water partition coefficient (Wildman–Crippen LogP) is 5.47. The molecule has 2 aliphatic rings. The van der Waals surface area contributed by atoms with Gasteiger partial charge in [0.15, 0.2) is 11.6 Å². The Morgan fingerprint density at radius 3 is 2.74 bits per heavy atom. The molecular formula is C25H25Cl2IN4O2. The maximum Gasteiger partial charge on any atom is 0.166 e. The van der Waals surface area contributed by atoms with Gasteiger partial charge in [0.1, 0.15) is 17.5 Å². The molecule has 2 atom stereocenters. The number of pyridine rings is 1. The first-order valence-electron chi connectivity index (χ1n) is 10.9. The lowest BCUT2D eigenvalue weighted by Crippen LogP contribution is -2.65. The highest BCUT2D eigenvalue weighted by molar-refractivity contribution is 14.2. The van der Waals surface area contributed by atoms with Gasteiger partial charge in [-0.2, -0.15) is 0 Å². The molecule has 1 unspecified atom stereocenters. The second-order valence-corrected chi connectivity index (χ2v) is 11.4. The summed E-state index contributed by atoms with van der Waals surface area (Å²) in [5.41, 5.74) is 16.1. The Morgan fingerprint density at radius 1 is 1.24 bits per heavy atom. The Bertz CT molecular complexity index is 1280. The van der Waals surface area contributed by atoms with Gasteiger partial charge in [0, 0.05) is 57.0 Å². The predicted molar refractivity (Wildman–Crippen MR) is 147 cm³/mol. The van der Waals surface area contributed by atoms with Crippen LogP contribution in [0.15, 0.2) is 42.6 Å². The largest absolute Gasteiger partial charge is 0.484 e. The quantitative estimate of drug-likeness (QED) is 0.262. The van der Waals surface area contributed by atoms with E-state index in [0.29, 0.717) is 21.6 Å². The van der Waals surface area contributed by atoms with Crippen LogP contribution in [-0.2, 0) is 0 Å². The van der Waals surface area contributed by atoms with Gasteiger partial charge in [0.2, 0.25) is 0 Å². The Labute approximate surface area is 218 Å². The molecule has 1 aromatic heterocycles. The van der Waals surface area contributed by atoms with Crippen LogP contribution >= 0.6 is 43.9 Å². The molecule has 2 aromatic carbocycles. The van der Waals surface area contributed by atoms with E-state index in [2.05, 4.69) is 20.9 Å². The van der Waals surface area contributed by atoms with Crippen LogP contribution in [0.25, 0.3) is 11.1 Å². The van der Waals surface area contributed by atoms with Gasteiger partial charge in [-0.05, 0) is 42.8 Å². The summed E-state index contributed by atoms with van der Waals surface area (Å²) in [6, 6.07) is 11.6. The van der Waals surface area contributed by atoms with Gasteiger partial charge in [-0.15, -0.1) is 0 Å². The second kappa shape index (κ2) is 9.28. The van der Waals surface area contributed by atoms with Crippen molar-refractivity contribution < 1.29 is 9.47 Å². The number of rotatable bonds is 5. The lowest BCUT2D eigenvalue weighted by Gasteiger charge is -2.47. The Kier molecular flexibility index (Phi) is 6.50. The maximum absolute atomic E-state index is 6.61. The third-order valence-electron chi connectivity index (χ3n) is 6.37. The number of nitrogens with two attached hydrogens (primary N) is 2. The number of benzene rings is 2. The van der Waals surface area contributed by atoms with Gasteiger partial charge in [-0.3, -0.25) is 0 Å². The summed E-state index contributed by atoms with van der Waals surface area (Å²) in [7, 11) is 0. The minimum atomic E-state index is -0.440. The third-order valence-corrected chi connectivity index (χ3v) is 9.15. The van der Waals surface area contributed by atoms with Crippen molar-refractivity contribution in [3.05, 3.63) is 67.3 Å². The van der Waals surface area contributed by atoms with Crippen LogP contribution in [0.1, 0.15) is 36.6 Å². The van der Waals surface area contributed by atoms with Crippen LogP contribution in [0.4, 0.5) is 5.82 Å². The fourth-order valence-corrected chi connectivity index (χ4v) is 6.57. The zero-order valence-corrected chi connectivity index (χ0v) is 22.2.